The molecule has 0 aliphatic carbocycles. The van der Waals surface area contributed by atoms with Crippen LogP contribution in [-0.4, -0.2) is 35.7 Å². The van der Waals surface area contributed by atoms with Crippen molar-refractivity contribution < 1.29 is 19.4 Å². The van der Waals surface area contributed by atoms with Crippen LogP contribution in [0.5, 0.6) is 0 Å². The lowest BCUT2D eigenvalue weighted by Crippen LogP contribution is -2.46. The largest absolute Gasteiger partial charge is 0.480 e. The van der Waals surface area contributed by atoms with Gasteiger partial charge in [0, 0.05) is 6.61 Å². The second-order valence-electron chi connectivity index (χ2n) is 4.13. The Balaban J connectivity index is 4.28. The molecule has 2 atom stereocenters. The molecule has 0 saturated carbocycles. The van der Waals surface area contributed by atoms with Crippen LogP contribution < -0.4 is 5.32 Å². The smallest absolute Gasteiger partial charge is 0.326 e. The van der Waals surface area contributed by atoms with E-state index in [1.165, 1.54) is 0 Å². The van der Waals surface area contributed by atoms with E-state index in [4.69, 9.17) is 9.84 Å². The monoisotopic (exact) mass is 231 g/mol. The number of carboxylic acid groups (broad SMARTS) is 1. The average Bonchev–Trinajstić information content (AvgIpc) is 2.16. The number of carboxylic acids is 1. The molecule has 0 heterocycles. The third kappa shape index (κ3) is 5.70. The molecule has 0 aromatic rings. The van der Waals surface area contributed by atoms with Gasteiger partial charge >= 0.3 is 5.97 Å². The maximum Gasteiger partial charge on any atom is 0.326 e. The van der Waals surface area contributed by atoms with E-state index in [0.29, 0.717) is 13.0 Å². The average molecular weight is 231 g/mol. The van der Waals surface area contributed by atoms with Crippen molar-refractivity contribution in [3.63, 3.8) is 0 Å². The van der Waals surface area contributed by atoms with Crippen molar-refractivity contribution >= 4 is 11.9 Å². The fourth-order valence-corrected chi connectivity index (χ4v) is 1.31. The van der Waals surface area contributed by atoms with Gasteiger partial charge in [-0.3, -0.25) is 4.79 Å². The minimum atomic E-state index is -1.01. The zero-order valence-corrected chi connectivity index (χ0v) is 10.3. The van der Waals surface area contributed by atoms with Crippen LogP contribution >= 0.6 is 0 Å². The molecule has 0 fully saturated rings. The lowest BCUT2D eigenvalue weighted by Gasteiger charge is -2.19. The van der Waals surface area contributed by atoms with Crippen molar-refractivity contribution in [3.8, 4) is 0 Å². The van der Waals surface area contributed by atoms with Crippen LogP contribution in [0.3, 0.4) is 0 Å². The highest BCUT2D eigenvalue weighted by Crippen LogP contribution is 2.05. The highest BCUT2D eigenvalue weighted by Gasteiger charge is 2.23. The Labute approximate surface area is 96.2 Å². The molecule has 0 aromatic carbocycles. The molecule has 0 bridgehead atoms. The summed E-state index contributed by atoms with van der Waals surface area (Å²) in [6.45, 7) is 7.64. The number of nitrogens with one attached hydrogen (secondary N) is 1. The van der Waals surface area contributed by atoms with Crippen molar-refractivity contribution in [2.75, 3.05) is 6.61 Å². The summed E-state index contributed by atoms with van der Waals surface area (Å²) in [7, 11) is 0. The molecule has 0 spiro atoms. The fourth-order valence-electron chi connectivity index (χ4n) is 1.31. The third-order valence-corrected chi connectivity index (χ3v) is 2.11. The zero-order chi connectivity index (χ0) is 12.7. The number of aliphatic carboxylic acids is 1. The molecule has 1 unspecified atom stereocenters. The molecule has 0 radical (unpaired) electrons. The maximum absolute atomic E-state index is 11.5. The second-order valence-corrected chi connectivity index (χ2v) is 4.13. The van der Waals surface area contributed by atoms with Crippen molar-refractivity contribution in [2.45, 2.75) is 46.3 Å². The first kappa shape index (κ1) is 14.9. The minimum absolute atomic E-state index is 0.212. The Bertz CT molecular complexity index is 240. The topological polar surface area (TPSA) is 75.6 Å². The predicted octanol–water partition coefficient (Wildman–Crippen LogP) is 1.03. The van der Waals surface area contributed by atoms with Gasteiger partial charge in [0.2, 0.25) is 5.91 Å². The Morgan fingerprint density at radius 1 is 1.31 bits per heavy atom. The molecular formula is C11H21NO4. The SMILES string of the molecule is CCOC(C)C(=O)N[C@@H](CC(C)C)C(=O)O. The van der Waals surface area contributed by atoms with Crippen molar-refractivity contribution in [3.05, 3.63) is 0 Å². The first-order valence-corrected chi connectivity index (χ1v) is 5.53. The van der Waals surface area contributed by atoms with Crippen molar-refractivity contribution in [2.24, 2.45) is 5.92 Å². The number of amides is 1. The summed E-state index contributed by atoms with van der Waals surface area (Å²) in [5.41, 5.74) is 0. The van der Waals surface area contributed by atoms with E-state index in [2.05, 4.69) is 5.32 Å². The first-order chi connectivity index (χ1) is 7.38. The van der Waals surface area contributed by atoms with E-state index in [9.17, 15) is 9.59 Å². The van der Waals surface area contributed by atoms with E-state index in [1.54, 1.807) is 13.8 Å². The minimum Gasteiger partial charge on any atom is -0.480 e. The molecule has 0 aliphatic rings. The van der Waals surface area contributed by atoms with Gasteiger partial charge in [0.25, 0.3) is 0 Å². The van der Waals surface area contributed by atoms with Gasteiger partial charge in [-0.2, -0.15) is 0 Å². The van der Waals surface area contributed by atoms with Crippen LogP contribution in [0.4, 0.5) is 0 Å². The number of carbonyl (C=O) groups excluding carboxylic acids is 1. The van der Waals surface area contributed by atoms with Gasteiger partial charge < -0.3 is 15.2 Å². The van der Waals surface area contributed by atoms with E-state index in [1.807, 2.05) is 13.8 Å². The van der Waals surface area contributed by atoms with Crippen LogP contribution in [0, 0.1) is 5.92 Å². The standard InChI is InChI=1S/C11H21NO4/c1-5-16-8(4)10(13)12-9(11(14)15)6-7(2)3/h7-9H,5-6H2,1-4H3,(H,12,13)(H,14,15)/t8?,9-/m0/s1. The normalized spacial score (nSPS) is 14.6. The van der Waals surface area contributed by atoms with Crippen LogP contribution in [0.2, 0.25) is 0 Å². The summed E-state index contributed by atoms with van der Waals surface area (Å²) in [6, 6.07) is -0.838. The van der Waals surface area contributed by atoms with Crippen molar-refractivity contribution in [1.29, 1.82) is 0 Å². The molecular weight excluding hydrogens is 210 g/mol. The Morgan fingerprint density at radius 3 is 2.25 bits per heavy atom. The molecule has 94 valence electrons. The molecule has 5 heteroatoms. The zero-order valence-electron chi connectivity index (χ0n) is 10.3. The number of rotatable bonds is 7. The molecule has 5 nitrogen and oxygen atoms in total. The number of hydrogen-bond donors (Lipinski definition) is 2. The van der Waals surface area contributed by atoms with Gasteiger partial charge in [-0.05, 0) is 26.2 Å². The van der Waals surface area contributed by atoms with Gasteiger partial charge in [0.1, 0.15) is 12.1 Å². The van der Waals surface area contributed by atoms with E-state index < -0.39 is 18.1 Å². The molecule has 0 saturated heterocycles. The summed E-state index contributed by atoms with van der Waals surface area (Å²) >= 11 is 0. The number of carbonyl (C=O) groups is 2. The van der Waals surface area contributed by atoms with E-state index in [-0.39, 0.29) is 11.8 Å². The molecule has 0 aliphatic heterocycles. The van der Waals surface area contributed by atoms with Gasteiger partial charge in [-0.25, -0.2) is 4.79 Å². The summed E-state index contributed by atoms with van der Waals surface area (Å²) in [6.07, 6.45) is -0.195. The lowest BCUT2D eigenvalue weighted by molar-refractivity contribution is -0.144. The molecule has 0 rings (SSSR count). The maximum atomic E-state index is 11.5. The Kier molecular flexibility index (Phi) is 6.72. The molecule has 0 aromatic heterocycles. The Morgan fingerprint density at radius 2 is 1.88 bits per heavy atom. The number of hydrogen-bond acceptors (Lipinski definition) is 3. The van der Waals surface area contributed by atoms with Gasteiger partial charge in [-0.15, -0.1) is 0 Å². The quantitative estimate of drug-likeness (QED) is 0.686. The van der Waals surface area contributed by atoms with Gasteiger partial charge in [0.05, 0.1) is 0 Å². The second kappa shape index (κ2) is 7.22. The van der Waals surface area contributed by atoms with Gasteiger partial charge in [0.15, 0.2) is 0 Å². The molecule has 1 amide bonds. The highest BCUT2D eigenvalue weighted by molar-refractivity contribution is 5.86. The Hall–Kier alpha value is -1.10. The van der Waals surface area contributed by atoms with Gasteiger partial charge in [-0.1, -0.05) is 13.8 Å². The molecule has 2 N–H and O–H groups in total. The highest BCUT2D eigenvalue weighted by atomic mass is 16.5. The van der Waals surface area contributed by atoms with Crippen LogP contribution in [0.15, 0.2) is 0 Å². The van der Waals surface area contributed by atoms with Crippen LogP contribution in [0.25, 0.3) is 0 Å². The van der Waals surface area contributed by atoms with Crippen LogP contribution in [0.1, 0.15) is 34.1 Å². The summed E-state index contributed by atoms with van der Waals surface area (Å²) in [5, 5.41) is 11.4. The molecule has 16 heavy (non-hydrogen) atoms. The number of ether oxygens (including phenoxy) is 1. The lowest BCUT2D eigenvalue weighted by atomic mass is 10.0. The van der Waals surface area contributed by atoms with E-state index >= 15 is 0 Å². The predicted molar refractivity (Wildman–Crippen MR) is 60.1 cm³/mol. The first-order valence-electron chi connectivity index (χ1n) is 5.53. The van der Waals surface area contributed by atoms with Crippen molar-refractivity contribution in [1.82, 2.24) is 5.32 Å². The van der Waals surface area contributed by atoms with Crippen LogP contribution in [-0.2, 0) is 14.3 Å². The summed E-state index contributed by atoms with van der Waals surface area (Å²) < 4.78 is 5.08. The summed E-state index contributed by atoms with van der Waals surface area (Å²) in [4.78, 5) is 22.4. The summed E-state index contributed by atoms with van der Waals surface area (Å²) in [5.74, 6) is -1.18. The fraction of sp³-hybridized carbons (Fsp3) is 0.818. The van der Waals surface area contributed by atoms with E-state index in [0.717, 1.165) is 0 Å². The third-order valence-electron chi connectivity index (χ3n) is 2.11.